The Morgan fingerprint density at radius 1 is 0.561 bits per heavy atom. The molecule has 4 atom stereocenters. The van der Waals surface area contributed by atoms with E-state index >= 15 is 0 Å². The van der Waals surface area contributed by atoms with Gasteiger partial charge in [-0.25, -0.2) is 13.6 Å². The van der Waals surface area contributed by atoms with E-state index in [0.717, 1.165) is 0 Å². The Balaban J connectivity index is 2.88. The minimum atomic E-state index is -6.79. The molecule has 0 heterocycles. The molecule has 0 aliphatic carbocycles. The van der Waals surface area contributed by atoms with Crippen molar-refractivity contribution >= 4 is 29.8 Å². The number of carbonyl (C=O) groups is 5. The number of rotatable bonds is 21. The number of benzene rings is 1. The molecule has 0 saturated heterocycles. The minimum Gasteiger partial charge on any atom is -0.478 e. The van der Waals surface area contributed by atoms with Gasteiger partial charge in [-0.2, -0.15) is 52.7 Å². The standard InChI is InChI=1S/C29H28F14O14/c1-22(30,56-28(40,41)23(2,31)50-3)12-52-17(44)5-7-19(46)54-15-9-14(21(48)49)10-16(11-15)55-20(47)8-6-18(45)53-13-24(32,26(34,35)36)57-29(42,43)25(33,51-4)27(37,38)39/h9-11H,5-8,12-13H2,1-4H3,(H,48,49). The first kappa shape index (κ1) is 50.4. The summed E-state index contributed by atoms with van der Waals surface area (Å²) >= 11 is 0. The van der Waals surface area contributed by atoms with E-state index in [1.54, 1.807) is 0 Å². The van der Waals surface area contributed by atoms with Gasteiger partial charge in [0.15, 0.2) is 6.61 Å². The molecule has 0 saturated carbocycles. The van der Waals surface area contributed by atoms with Gasteiger partial charge in [0.05, 0.1) is 31.2 Å². The van der Waals surface area contributed by atoms with Crippen LogP contribution in [0, 0.1) is 0 Å². The fourth-order valence-corrected chi connectivity index (χ4v) is 3.46. The van der Waals surface area contributed by atoms with Gasteiger partial charge in [0, 0.05) is 27.2 Å². The van der Waals surface area contributed by atoms with E-state index in [1.807, 2.05) is 0 Å². The van der Waals surface area contributed by atoms with Gasteiger partial charge in [-0.1, -0.05) is 0 Å². The topological polar surface area (TPSA) is 179 Å². The number of alkyl halides is 14. The maximum Gasteiger partial charge on any atom is 0.457 e. The summed E-state index contributed by atoms with van der Waals surface area (Å²) in [6.45, 7) is -3.96. The number of esters is 4. The van der Waals surface area contributed by atoms with Crippen molar-refractivity contribution in [2.45, 2.75) is 87.5 Å². The van der Waals surface area contributed by atoms with E-state index in [4.69, 9.17) is 9.47 Å². The number of carboxylic acid groups (broad SMARTS) is 1. The molecule has 1 N–H and O–H groups in total. The van der Waals surface area contributed by atoms with E-state index in [2.05, 4.69) is 28.4 Å². The van der Waals surface area contributed by atoms with Crippen molar-refractivity contribution in [1.82, 2.24) is 0 Å². The van der Waals surface area contributed by atoms with Crippen LogP contribution in [0.5, 0.6) is 11.5 Å². The monoisotopic (exact) mass is 866 g/mol. The molecule has 57 heavy (non-hydrogen) atoms. The molecule has 0 aliphatic rings. The number of ether oxygens (including phenoxy) is 8. The van der Waals surface area contributed by atoms with Crippen LogP contribution in [0.25, 0.3) is 0 Å². The second kappa shape index (κ2) is 18.3. The first-order valence-corrected chi connectivity index (χ1v) is 14.8. The molecule has 1 rings (SSSR count). The lowest BCUT2D eigenvalue weighted by molar-refractivity contribution is -0.502. The van der Waals surface area contributed by atoms with Gasteiger partial charge >= 0.3 is 66.1 Å². The number of hydrogen-bond donors (Lipinski definition) is 1. The molecule has 326 valence electrons. The number of carboxylic acids is 1. The van der Waals surface area contributed by atoms with Crippen molar-refractivity contribution in [3.63, 3.8) is 0 Å². The van der Waals surface area contributed by atoms with Crippen LogP contribution in [0.1, 0.15) is 49.9 Å². The smallest absolute Gasteiger partial charge is 0.457 e. The Morgan fingerprint density at radius 3 is 1.35 bits per heavy atom. The Morgan fingerprint density at radius 2 is 0.982 bits per heavy atom. The van der Waals surface area contributed by atoms with Crippen LogP contribution in [0.2, 0.25) is 0 Å². The van der Waals surface area contributed by atoms with E-state index in [9.17, 15) is 90.5 Å². The molecule has 0 aliphatic heterocycles. The highest BCUT2D eigenvalue weighted by Gasteiger charge is 2.78. The van der Waals surface area contributed by atoms with E-state index in [0.29, 0.717) is 32.2 Å². The van der Waals surface area contributed by atoms with Gasteiger partial charge in [0.2, 0.25) is 5.85 Å². The van der Waals surface area contributed by atoms with Crippen LogP contribution in [0.15, 0.2) is 18.2 Å². The average molecular weight is 867 g/mol. The molecule has 28 heteroatoms. The lowest BCUT2D eigenvalue weighted by Crippen LogP contribution is -2.63. The Hall–Kier alpha value is -4.57. The third-order valence-electron chi connectivity index (χ3n) is 6.54. The predicted molar refractivity (Wildman–Crippen MR) is 150 cm³/mol. The van der Waals surface area contributed by atoms with Crippen molar-refractivity contribution < 1.29 is 128 Å². The first-order valence-electron chi connectivity index (χ1n) is 14.8. The van der Waals surface area contributed by atoms with Crippen LogP contribution in [0.3, 0.4) is 0 Å². The minimum absolute atomic E-state index is 0.211. The third-order valence-corrected chi connectivity index (χ3v) is 6.54. The zero-order chi connectivity index (χ0) is 44.6. The van der Waals surface area contributed by atoms with Crippen LogP contribution < -0.4 is 9.47 Å². The number of hydrogen-bond acceptors (Lipinski definition) is 13. The zero-order valence-corrected chi connectivity index (χ0v) is 29.0. The summed E-state index contributed by atoms with van der Waals surface area (Å²) in [5.41, 5.74) is -0.765. The summed E-state index contributed by atoms with van der Waals surface area (Å²) in [5, 5.41) is 9.29. The SMILES string of the molecule is COC(C)(F)C(F)(F)OC(C)(F)COC(=O)CCC(=O)Oc1cc(OC(=O)CCC(=O)OCC(F)(OC(F)(F)C(F)(OC)C(F)(F)F)C(F)(F)F)cc(C(=O)O)c1. The molecule has 0 bridgehead atoms. The lowest BCUT2D eigenvalue weighted by Gasteiger charge is -2.37. The predicted octanol–water partition coefficient (Wildman–Crippen LogP) is 6.18. The van der Waals surface area contributed by atoms with Gasteiger partial charge in [-0.15, -0.1) is 0 Å². The van der Waals surface area contributed by atoms with Crippen molar-refractivity contribution in [2.75, 3.05) is 27.4 Å². The summed E-state index contributed by atoms with van der Waals surface area (Å²) in [7, 11) is 0.152. The Kier molecular flexibility index (Phi) is 16.2. The fourth-order valence-electron chi connectivity index (χ4n) is 3.46. The van der Waals surface area contributed by atoms with Crippen LogP contribution in [-0.2, 0) is 47.6 Å². The normalized spacial score (nSPS) is 16.9. The molecule has 14 nitrogen and oxygen atoms in total. The van der Waals surface area contributed by atoms with Crippen LogP contribution >= 0.6 is 0 Å². The van der Waals surface area contributed by atoms with Gasteiger partial charge in [0.1, 0.15) is 18.1 Å². The molecule has 0 aromatic heterocycles. The van der Waals surface area contributed by atoms with E-state index < -0.39 is 134 Å². The van der Waals surface area contributed by atoms with Crippen LogP contribution in [-0.4, -0.2) is 110 Å². The molecule has 1 aromatic carbocycles. The highest BCUT2D eigenvalue weighted by molar-refractivity contribution is 5.89. The Labute approximate surface area is 309 Å². The molecular formula is C29H28F14O14. The van der Waals surface area contributed by atoms with E-state index in [-0.39, 0.29) is 14.0 Å². The lowest BCUT2D eigenvalue weighted by atomic mass is 10.2. The zero-order valence-electron chi connectivity index (χ0n) is 29.0. The highest BCUT2D eigenvalue weighted by atomic mass is 19.4. The van der Waals surface area contributed by atoms with Gasteiger partial charge in [-0.05, 0) is 19.1 Å². The van der Waals surface area contributed by atoms with E-state index in [1.165, 1.54) is 0 Å². The van der Waals surface area contributed by atoms with Crippen molar-refractivity contribution in [3.8, 4) is 11.5 Å². The third kappa shape index (κ3) is 13.8. The second-order valence-electron chi connectivity index (χ2n) is 11.3. The summed E-state index contributed by atoms with van der Waals surface area (Å²) in [4.78, 5) is 59.6. The summed E-state index contributed by atoms with van der Waals surface area (Å²) in [6, 6.07) is 1.91. The average Bonchev–Trinajstić information content (AvgIpc) is 3.05. The maximum absolute atomic E-state index is 14.4. The van der Waals surface area contributed by atoms with Gasteiger partial charge in [0.25, 0.3) is 5.85 Å². The maximum atomic E-state index is 14.4. The van der Waals surface area contributed by atoms with Crippen molar-refractivity contribution in [2.24, 2.45) is 0 Å². The molecular weight excluding hydrogens is 838 g/mol. The van der Waals surface area contributed by atoms with Crippen molar-refractivity contribution in [3.05, 3.63) is 23.8 Å². The molecule has 0 spiro atoms. The number of carbonyl (C=O) groups excluding carboxylic acids is 4. The molecule has 1 aromatic rings. The summed E-state index contributed by atoms with van der Waals surface area (Å²) in [6.07, 6.45) is -29.6. The number of halogens is 14. The fraction of sp³-hybridized carbons (Fsp3) is 0.621. The number of aromatic carboxylic acids is 1. The largest absolute Gasteiger partial charge is 0.478 e. The molecule has 4 unspecified atom stereocenters. The summed E-state index contributed by atoms with van der Waals surface area (Å²) in [5.74, 6) is -29.2. The van der Waals surface area contributed by atoms with Crippen LogP contribution in [0.4, 0.5) is 61.5 Å². The first-order chi connectivity index (χ1) is 25.6. The molecule has 0 fully saturated rings. The van der Waals surface area contributed by atoms with Crippen molar-refractivity contribution in [1.29, 1.82) is 0 Å². The van der Waals surface area contributed by atoms with Gasteiger partial charge in [-0.3, -0.25) is 28.7 Å². The quantitative estimate of drug-likeness (QED) is 0.0841. The summed E-state index contributed by atoms with van der Waals surface area (Å²) < 4.78 is 220. The van der Waals surface area contributed by atoms with Gasteiger partial charge < -0.3 is 33.5 Å². The number of methoxy groups -OCH3 is 2. The highest BCUT2D eigenvalue weighted by Crippen LogP contribution is 2.50. The molecule has 0 amide bonds. The second-order valence-corrected chi connectivity index (χ2v) is 11.3. The molecule has 0 radical (unpaired) electrons. The Bertz CT molecular complexity index is 1620.